The smallest absolute Gasteiger partial charge is 0.155 e. The Kier molecular flexibility index (Phi) is 3.16. The summed E-state index contributed by atoms with van der Waals surface area (Å²) in [7, 11) is 2.19. The molecule has 1 unspecified atom stereocenters. The number of piperidine rings is 1. The maximum Gasteiger partial charge on any atom is 0.155 e. The summed E-state index contributed by atoms with van der Waals surface area (Å²) in [5, 5.41) is 8.83. The number of anilines is 1. The van der Waals surface area contributed by atoms with Gasteiger partial charge in [0.15, 0.2) is 11.0 Å². The number of hydrogen-bond acceptors (Lipinski definition) is 4. The fraction of sp³-hybridized carbons (Fsp3) is 0.692. The van der Waals surface area contributed by atoms with E-state index in [-0.39, 0.29) is 0 Å². The second-order valence-corrected chi connectivity index (χ2v) is 5.94. The zero-order valence-electron chi connectivity index (χ0n) is 10.9. The Balaban J connectivity index is 1.88. The third-order valence-corrected chi connectivity index (χ3v) is 4.27. The molecule has 2 aliphatic heterocycles. The summed E-state index contributed by atoms with van der Waals surface area (Å²) in [6.07, 6.45) is 2.52. The quantitative estimate of drug-likeness (QED) is 0.780. The molecule has 98 valence electrons. The lowest BCUT2D eigenvalue weighted by Crippen LogP contribution is -2.46. The van der Waals surface area contributed by atoms with E-state index in [1.165, 1.54) is 24.9 Å². The largest absolute Gasteiger partial charge is 0.350 e. The molecule has 0 aromatic carbocycles. The lowest BCUT2D eigenvalue weighted by molar-refractivity contribution is 0.244. The number of fused-ring (bicyclic) bond motifs is 1. The van der Waals surface area contributed by atoms with Crippen LogP contribution in [0, 0.1) is 0 Å². The molecule has 0 saturated carbocycles. The molecule has 0 radical (unpaired) electrons. The lowest BCUT2D eigenvalue weighted by atomic mass is 10.0. The van der Waals surface area contributed by atoms with Gasteiger partial charge in [-0.3, -0.25) is 0 Å². The van der Waals surface area contributed by atoms with Crippen molar-refractivity contribution >= 4 is 17.4 Å². The van der Waals surface area contributed by atoms with Crippen molar-refractivity contribution in [2.24, 2.45) is 0 Å². The number of rotatable bonds is 1. The Morgan fingerprint density at radius 2 is 2.17 bits per heavy atom. The Bertz CT molecular complexity index is 451. The first kappa shape index (κ1) is 12.2. The highest BCUT2D eigenvalue weighted by Crippen LogP contribution is 2.37. The van der Waals surface area contributed by atoms with Crippen LogP contribution in [0.5, 0.6) is 0 Å². The highest BCUT2D eigenvalue weighted by Gasteiger charge is 2.34. The van der Waals surface area contributed by atoms with Crippen LogP contribution < -0.4 is 4.90 Å². The number of aromatic nitrogens is 2. The third kappa shape index (κ3) is 2.08. The molecule has 4 nitrogen and oxygen atoms in total. The average Bonchev–Trinajstić information content (AvgIpc) is 2.67. The van der Waals surface area contributed by atoms with Crippen LogP contribution in [0.4, 0.5) is 5.82 Å². The standard InChI is InChI=1S/C13H19ClN4/c1-9-7-18(10-4-3-5-17(2)8-10)13-11(9)6-12(14)15-16-13/h6,9-10H,3-5,7-8H2,1-2H3/t9?,10-/m1/s1. The molecular weight excluding hydrogens is 248 g/mol. The van der Waals surface area contributed by atoms with Crippen LogP contribution in [0.25, 0.3) is 0 Å². The predicted octanol–water partition coefficient (Wildman–Crippen LogP) is 2.15. The van der Waals surface area contributed by atoms with Gasteiger partial charge in [0.1, 0.15) is 0 Å². The van der Waals surface area contributed by atoms with Gasteiger partial charge in [-0.1, -0.05) is 18.5 Å². The first-order valence-corrected chi connectivity index (χ1v) is 7.01. The molecule has 1 saturated heterocycles. The van der Waals surface area contributed by atoms with Crippen LogP contribution in [0.3, 0.4) is 0 Å². The number of nitrogens with zero attached hydrogens (tertiary/aromatic N) is 4. The highest BCUT2D eigenvalue weighted by molar-refractivity contribution is 6.29. The molecule has 5 heteroatoms. The van der Waals surface area contributed by atoms with Gasteiger partial charge < -0.3 is 9.80 Å². The van der Waals surface area contributed by atoms with Crippen molar-refractivity contribution in [3.8, 4) is 0 Å². The van der Waals surface area contributed by atoms with Gasteiger partial charge in [-0.15, -0.1) is 10.2 Å². The fourth-order valence-electron chi connectivity index (χ4n) is 3.16. The van der Waals surface area contributed by atoms with Crippen LogP contribution >= 0.6 is 11.6 Å². The molecule has 0 aliphatic carbocycles. The Morgan fingerprint density at radius 1 is 1.33 bits per heavy atom. The van der Waals surface area contributed by atoms with E-state index < -0.39 is 0 Å². The van der Waals surface area contributed by atoms with Crippen LogP contribution in [0.15, 0.2) is 6.07 Å². The second-order valence-electron chi connectivity index (χ2n) is 5.56. The number of likely N-dealkylation sites (tertiary alicyclic amines) is 1. The Hall–Kier alpha value is -0.870. The van der Waals surface area contributed by atoms with Crippen molar-refractivity contribution < 1.29 is 0 Å². The maximum absolute atomic E-state index is 5.94. The predicted molar refractivity (Wildman–Crippen MR) is 73.3 cm³/mol. The summed E-state index contributed by atoms with van der Waals surface area (Å²) in [4.78, 5) is 4.83. The van der Waals surface area contributed by atoms with Gasteiger partial charge in [-0.2, -0.15) is 0 Å². The summed E-state index contributed by atoms with van der Waals surface area (Å²) in [5.74, 6) is 1.55. The van der Waals surface area contributed by atoms with Gasteiger partial charge in [0.2, 0.25) is 0 Å². The summed E-state index contributed by atoms with van der Waals surface area (Å²) >= 11 is 5.94. The molecule has 3 heterocycles. The Morgan fingerprint density at radius 3 is 2.94 bits per heavy atom. The molecule has 0 N–H and O–H groups in total. The zero-order valence-corrected chi connectivity index (χ0v) is 11.7. The van der Waals surface area contributed by atoms with Gasteiger partial charge in [0, 0.05) is 30.6 Å². The van der Waals surface area contributed by atoms with Crippen molar-refractivity contribution in [2.45, 2.75) is 31.7 Å². The number of likely N-dealkylation sites (N-methyl/N-ethyl adjacent to an activating group) is 1. The molecular formula is C13H19ClN4. The second kappa shape index (κ2) is 4.67. The Labute approximate surface area is 113 Å². The van der Waals surface area contributed by atoms with Gasteiger partial charge in [0.05, 0.1) is 0 Å². The summed E-state index contributed by atoms with van der Waals surface area (Å²) in [6, 6.07) is 2.55. The van der Waals surface area contributed by atoms with E-state index in [0.717, 1.165) is 18.9 Å². The van der Waals surface area contributed by atoms with Gasteiger partial charge in [-0.25, -0.2) is 0 Å². The molecule has 1 aromatic rings. The normalized spacial score (nSPS) is 28.5. The fourth-order valence-corrected chi connectivity index (χ4v) is 3.31. The van der Waals surface area contributed by atoms with Gasteiger partial charge >= 0.3 is 0 Å². The molecule has 0 spiro atoms. The summed E-state index contributed by atoms with van der Waals surface area (Å²) in [6.45, 7) is 5.61. The van der Waals surface area contributed by atoms with E-state index in [1.807, 2.05) is 6.07 Å². The topological polar surface area (TPSA) is 32.3 Å². The minimum absolute atomic E-state index is 0.500. The first-order chi connectivity index (χ1) is 8.65. The van der Waals surface area contributed by atoms with E-state index in [0.29, 0.717) is 17.1 Å². The molecule has 1 fully saturated rings. The minimum atomic E-state index is 0.500. The van der Waals surface area contributed by atoms with Crippen LogP contribution in [-0.2, 0) is 0 Å². The monoisotopic (exact) mass is 266 g/mol. The van der Waals surface area contributed by atoms with E-state index in [1.54, 1.807) is 0 Å². The molecule has 0 bridgehead atoms. The zero-order chi connectivity index (χ0) is 12.7. The molecule has 1 aromatic heterocycles. The average molecular weight is 267 g/mol. The summed E-state index contributed by atoms with van der Waals surface area (Å²) < 4.78 is 0. The SMILES string of the molecule is CC1CN([C@@H]2CCCN(C)C2)c2nnc(Cl)cc21. The molecule has 3 rings (SSSR count). The highest BCUT2D eigenvalue weighted by atomic mass is 35.5. The lowest BCUT2D eigenvalue weighted by Gasteiger charge is -2.36. The van der Waals surface area contributed by atoms with Crippen molar-refractivity contribution in [2.75, 3.05) is 31.6 Å². The third-order valence-electron chi connectivity index (χ3n) is 4.09. The van der Waals surface area contributed by atoms with Crippen molar-refractivity contribution in [1.29, 1.82) is 0 Å². The molecule has 0 amide bonds. The van der Waals surface area contributed by atoms with E-state index in [9.17, 15) is 0 Å². The minimum Gasteiger partial charge on any atom is -0.350 e. The first-order valence-electron chi connectivity index (χ1n) is 6.63. The van der Waals surface area contributed by atoms with Gasteiger partial charge in [0.25, 0.3) is 0 Å². The molecule has 2 atom stereocenters. The van der Waals surface area contributed by atoms with Gasteiger partial charge in [-0.05, 0) is 32.5 Å². The molecule has 2 aliphatic rings. The number of halogens is 1. The molecule has 18 heavy (non-hydrogen) atoms. The number of hydrogen-bond donors (Lipinski definition) is 0. The van der Waals surface area contributed by atoms with Crippen LogP contribution in [-0.4, -0.2) is 47.8 Å². The van der Waals surface area contributed by atoms with Crippen molar-refractivity contribution in [1.82, 2.24) is 15.1 Å². The van der Waals surface area contributed by atoms with E-state index in [4.69, 9.17) is 11.6 Å². The maximum atomic E-state index is 5.94. The summed E-state index contributed by atoms with van der Waals surface area (Å²) in [5.41, 5.74) is 1.25. The van der Waals surface area contributed by atoms with E-state index >= 15 is 0 Å². The van der Waals surface area contributed by atoms with Crippen LogP contribution in [0.1, 0.15) is 31.2 Å². The van der Waals surface area contributed by atoms with E-state index in [2.05, 4.69) is 34.0 Å². The van der Waals surface area contributed by atoms with Crippen LogP contribution in [0.2, 0.25) is 5.15 Å². The van der Waals surface area contributed by atoms with Crippen molar-refractivity contribution in [3.63, 3.8) is 0 Å². The van der Waals surface area contributed by atoms with Crippen molar-refractivity contribution in [3.05, 3.63) is 16.8 Å².